The van der Waals surface area contributed by atoms with Crippen molar-refractivity contribution in [2.75, 3.05) is 11.6 Å². The van der Waals surface area contributed by atoms with E-state index in [0.717, 1.165) is 38.5 Å². The van der Waals surface area contributed by atoms with Gasteiger partial charge in [-0.25, -0.2) is 9.97 Å². The Kier molecular flexibility index (Phi) is 4.00. The van der Waals surface area contributed by atoms with Crippen molar-refractivity contribution in [2.24, 2.45) is 0 Å². The molecular weight excluding hydrogens is 330 g/mol. The molecule has 0 aliphatic rings. The normalized spacial score (nSPS) is 10.9. The highest BCUT2D eigenvalue weighted by Crippen LogP contribution is 2.32. The minimum absolute atomic E-state index is 0.505. The number of aromatic nitrogens is 3. The summed E-state index contributed by atoms with van der Waals surface area (Å²) in [6.45, 7) is 0.505. The molecule has 0 spiro atoms. The molecule has 6 heteroatoms. The van der Waals surface area contributed by atoms with E-state index < -0.39 is 0 Å². The van der Waals surface area contributed by atoms with Gasteiger partial charge in [-0.3, -0.25) is 0 Å². The molecule has 0 unspecified atom stereocenters. The van der Waals surface area contributed by atoms with Crippen LogP contribution in [0.4, 0.5) is 5.69 Å². The van der Waals surface area contributed by atoms with Gasteiger partial charge in [0.1, 0.15) is 22.5 Å². The number of H-pyrrole nitrogens is 1. The summed E-state index contributed by atoms with van der Waals surface area (Å²) in [6.07, 6.45) is 1.93. The number of benzene rings is 2. The van der Waals surface area contributed by atoms with Crippen molar-refractivity contribution in [3.8, 4) is 6.07 Å². The van der Waals surface area contributed by atoms with E-state index in [1.165, 1.54) is 11.8 Å². The maximum atomic E-state index is 9.63. The predicted octanol–water partition coefficient (Wildman–Crippen LogP) is 4.32. The third kappa shape index (κ3) is 2.79. The number of nitriles is 1. The van der Waals surface area contributed by atoms with E-state index in [1.807, 2.05) is 54.8 Å². The number of hydrogen-bond acceptors (Lipinski definition) is 5. The molecule has 0 amide bonds. The quantitative estimate of drug-likeness (QED) is 0.539. The van der Waals surface area contributed by atoms with E-state index in [1.54, 1.807) is 0 Å². The van der Waals surface area contributed by atoms with Gasteiger partial charge >= 0.3 is 0 Å². The first-order chi connectivity index (χ1) is 12.3. The van der Waals surface area contributed by atoms with Crippen molar-refractivity contribution >= 4 is 39.4 Å². The summed E-state index contributed by atoms with van der Waals surface area (Å²) in [5, 5.41) is 14.7. The van der Waals surface area contributed by atoms with Crippen molar-refractivity contribution in [1.29, 1.82) is 5.26 Å². The summed E-state index contributed by atoms with van der Waals surface area (Å²) < 4.78 is 0. The zero-order valence-corrected chi connectivity index (χ0v) is 14.4. The Morgan fingerprint density at radius 2 is 1.84 bits per heavy atom. The first-order valence-electron chi connectivity index (χ1n) is 7.84. The highest BCUT2D eigenvalue weighted by Gasteiger charge is 2.14. The van der Waals surface area contributed by atoms with E-state index in [2.05, 4.69) is 26.3 Å². The molecule has 0 bridgehead atoms. The van der Waals surface area contributed by atoms with Crippen molar-refractivity contribution < 1.29 is 0 Å². The second-order valence-corrected chi connectivity index (χ2v) is 6.35. The molecule has 2 aromatic carbocycles. The van der Waals surface area contributed by atoms with Gasteiger partial charge in [0.05, 0.1) is 28.8 Å². The highest BCUT2D eigenvalue weighted by atomic mass is 32.2. The van der Waals surface area contributed by atoms with Crippen LogP contribution in [0.1, 0.15) is 11.4 Å². The van der Waals surface area contributed by atoms with Gasteiger partial charge in [0.2, 0.25) is 0 Å². The molecule has 5 nitrogen and oxygen atoms in total. The van der Waals surface area contributed by atoms with Gasteiger partial charge < -0.3 is 10.3 Å². The molecule has 0 aliphatic carbocycles. The number of aromatic amines is 1. The number of nitrogens with zero attached hydrogens (tertiary/aromatic N) is 3. The molecule has 0 radical (unpaired) electrons. The molecule has 0 atom stereocenters. The SMILES string of the molecule is CSc1nc2ccccc2c(NCc2nc3ccccc3[nH]2)c1C#N. The maximum absolute atomic E-state index is 9.63. The van der Waals surface area contributed by atoms with Crippen LogP contribution < -0.4 is 5.32 Å². The number of rotatable bonds is 4. The third-order valence-corrected chi connectivity index (χ3v) is 4.72. The number of thioether (sulfide) groups is 1. The minimum atomic E-state index is 0.505. The molecule has 2 heterocycles. The van der Waals surface area contributed by atoms with E-state index in [-0.39, 0.29) is 0 Å². The number of imidazole rings is 1. The maximum Gasteiger partial charge on any atom is 0.126 e. The zero-order chi connectivity index (χ0) is 17.2. The van der Waals surface area contributed by atoms with Gasteiger partial charge in [-0.05, 0) is 24.5 Å². The lowest BCUT2D eigenvalue weighted by molar-refractivity contribution is 1.01. The van der Waals surface area contributed by atoms with E-state index in [9.17, 15) is 5.26 Å². The molecule has 4 rings (SSSR count). The van der Waals surface area contributed by atoms with Crippen molar-refractivity contribution in [1.82, 2.24) is 15.0 Å². The molecule has 122 valence electrons. The first-order valence-corrected chi connectivity index (χ1v) is 9.07. The van der Waals surface area contributed by atoms with Gasteiger partial charge in [0, 0.05) is 5.39 Å². The van der Waals surface area contributed by atoms with Crippen LogP contribution in [0.3, 0.4) is 0 Å². The van der Waals surface area contributed by atoms with Crippen LogP contribution in [-0.2, 0) is 6.54 Å². The van der Waals surface area contributed by atoms with Gasteiger partial charge in [-0.2, -0.15) is 5.26 Å². The van der Waals surface area contributed by atoms with E-state index >= 15 is 0 Å². The van der Waals surface area contributed by atoms with Crippen LogP contribution in [0.2, 0.25) is 0 Å². The van der Waals surface area contributed by atoms with Crippen LogP contribution in [0.15, 0.2) is 53.6 Å². The molecule has 4 aromatic rings. The molecule has 0 aliphatic heterocycles. The summed E-state index contributed by atoms with van der Waals surface area (Å²) in [6, 6.07) is 18.1. The van der Waals surface area contributed by atoms with Crippen LogP contribution >= 0.6 is 11.8 Å². The summed E-state index contributed by atoms with van der Waals surface area (Å²) in [5.41, 5.74) is 4.19. The molecule has 25 heavy (non-hydrogen) atoms. The number of para-hydroxylation sites is 3. The average Bonchev–Trinajstić information content (AvgIpc) is 3.08. The van der Waals surface area contributed by atoms with Gasteiger partial charge in [-0.1, -0.05) is 30.3 Å². The average molecular weight is 345 g/mol. The summed E-state index contributed by atoms with van der Waals surface area (Å²) in [5.74, 6) is 0.830. The Morgan fingerprint density at radius 3 is 2.60 bits per heavy atom. The fourth-order valence-corrected chi connectivity index (χ4v) is 3.43. The molecule has 0 saturated carbocycles. The summed E-state index contributed by atoms with van der Waals surface area (Å²) >= 11 is 1.48. The lowest BCUT2D eigenvalue weighted by atomic mass is 10.1. The van der Waals surface area contributed by atoms with Crippen molar-refractivity contribution in [2.45, 2.75) is 11.6 Å². The number of hydrogen-bond donors (Lipinski definition) is 2. The lowest BCUT2D eigenvalue weighted by Gasteiger charge is -2.13. The van der Waals surface area contributed by atoms with Gasteiger partial charge in [-0.15, -0.1) is 11.8 Å². The second kappa shape index (κ2) is 6.46. The number of fused-ring (bicyclic) bond motifs is 2. The van der Waals surface area contributed by atoms with Crippen LogP contribution in [-0.4, -0.2) is 21.2 Å². The van der Waals surface area contributed by atoms with Crippen LogP contribution in [0.5, 0.6) is 0 Å². The monoisotopic (exact) mass is 345 g/mol. The zero-order valence-electron chi connectivity index (χ0n) is 13.6. The van der Waals surface area contributed by atoms with Crippen LogP contribution in [0, 0.1) is 11.3 Å². The largest absolute Gasteiger partial charge is 0.376 e. The fraction of sp³-hybridized carbons (Fsp3) is 0.105. The third-order valence-electron chi connectivity index (χ3n) is 4.04. The molecule has 2 aromatic heterocycles. The Morgan fingerprint density at radius 1 is 1.08 bits per heavy atom. The second-order valence-electron chi connectivity index (χ2n) is 5.55. The lowest BCUT2D eigenvalue weighted by Crippen LogP contribution is -2.05. The number of pyridine rings is 1. The smallest absolute Gasteiger partial charge is 0.126 e. The Balaban J connectivity index is 1.76. The first kappa shape index (κ1) is 15.5. The number of nitrogens with one attached hydrogen (secondary N) is 2. The molecule has 0 saturated heterocycles. The van der Waals surface area contributed by atoms with E-state index in [4.69, 9.17) is 0 Å². The van der Waals surface area contributed by atoms with Gasteiger partial charge in [0.15, 0.2) is 0 Å². The number of anilines is 1. The highest BCUT2D eigenvalue weighted by molar-refractivity contribution is 7.98. The Labute approximate surface area is 149 Å². The van der Waals surface area contributed by atoms with Gasteiger partial charge in [0.25, 0.3) is 0 Å². The predicted molar refractivity (Wildman–Crippen MR) is 102 cm³/mol. The Bertz CT molecular complexity index is 1080. The van der Waals surface area contributed by atoms with Crippen LogP contribution in [0.25, 0.3) is 21.9 Å². The standard InChI is InChI=1S/C19H15N5S/c1-25-19-13(10-20)18(12-6-2-3-7-14(12)24-19)21-11-17-22-15-8-4-5-9-16(15)23-17/h2-9H,11H2,1H3,(H,21,24)(H,22,23). The topological polar surface area (TPSA) is 77.4 Å². The summed E-state index contributed by atoms with van der Waals surface area (Å²) in [4.78, 5) is 12.5. The molecular formula is C19H15N5S. The minimum Gasteiger partial charge on any atom is -0.376 e. The molecule has 0 fully saturated rings. The fourth-order valence-electron chi connectivity index (χ4n) is 2.89. The van der Waals surface area contributed by atoms with Crippen molar-refractivity contribution in [3.05, 3.63) is 59.9 Å². The Hall–Kier alpha value is -3.04. The van der Waals surface area contributed by atoms with E-state index in [0.29, 0.717) is 12.1 Å². The molecule has 2 N–H and O–H groups in total. The summed E-state index contributed by atoms with van der Waals surface area (Å²) in [7, 11) is 0. The van der Waals surface area contributed by atoms with Crippen molar-refractivity contribution in [3.63, 3.8) is 0 Å².